The standard InChI is InChI=1S/C14H18O2/c1-9-10-3-5-13(2)8-14(10,7-12(13)16)6-4-11(9)15/h3-8H2,1-2H3. The molecule has 2 nitrogen and oxygen atoms in total. The van der Waals surface area contributed by atoms with Gasteiger partial charge in [-0.05, 0) is 38.2 Å². The summed E-state index contributed by atoms with van der Waals surface area (Å²) in [6.07, 6.45) is 5.19. The minimum Gasteiger partial charge on any atom is -0.299 e. The molecule has 1 spiro atoms. The topological polar surface area (TPSA) is 34.1 Å². The first-order valence-corrected chi connectivity index (χ1v) is 6.24. The lowest BCUT2D eigenvalue weighted by Crippen LogP contribution is -2.34. The smallest absolute Gasteiger partial charge is 0.158 e. The number of hydrogen-bond donors (Lipinski definition) is 0. The van der Waals surface area contributed by atoms with Crippen LogP contribution in [0.25, 0.3) is 0 Å². The molecule has 16 heavy (non-hydrogen) atoms. The van der Waals surface area contributed by atoms with Crippen LogP contribution in [0.3, 0.4) is 0 Å². The van der Waals surface area contributed by atoms with E-state index in [1.54, 1.807) is 0 Å². The van der Waals surface area contributed by atoms with Gasteiger partial charge in [0.15, 0.2) is 5.78 Å². The lowest BCUT2D eigenvalue weighted by Gasteiger charge is -2.42. The van der Waals surface area contributed by atoms with E-state index in [0.29, 0.717) is 24.4 Å². The highest BCUT2D eigenvalue weighted by molar-refractivity contribution is 5.98. The molecule has 3 rings (SSSR count). The molecular formula is C14H18O2. The molecule has 3 aliphatic rings. The molecule has 0 aromatic carbocycles. The molecular weight excluding hydrogens is 200 g/mol. The third kappa shape index (κ3) is 1.08. The maximum atomic E-state index is 12.1. The lowest BCUT2D eigenvalue weighted by atomic mass is 9.61. The highest BCUT2D eigenvalue weighted by atomic mass is 16.1. The second-order valence-corrected chi connectivity index (χ2v) is 6.14. The summed E-state index contributed by atoms with van der Waals surface area (Å²) >= 11 is 0. The largest absolute Gasteiger partial charge is 0.299 e. The number of allylic oxidation sites excluding steroid dienone is 2. The van der Waals surface area contributed by atoms with Gasteiger partial charge in [0.1, 0.15) is 5.78 Å². The molecule has 0 N–H and O–H groups in total. The minimum atomic E-state index is -0.0792. The molecule has 2 unspecified atom stereocenters. The SMILES string of the molecule is CC1=C2CCC3(C)CC2(CCC1=O)CC3=O. The van der Waals surface area contributed by atoms with Crippen molar-refractivity contribution in [3.63, 3.8) is 0 Å². The van der Waals surface area contributed by atoms with Gasteiger partial charge in [0.2, 0.25) is 0 Å². The summed E-state index contributed by atoms with van der Waals surface area (Å²) in [5, 5.41) is 0. The molecule has 0 aromatic heterocycles. The van der Waals surface area contributed by atoms with Gasteiger partial charge >= 0.3 is 0 Å². The van der Waals surface area contributed by atoms with Crippen LogP contribution in [0.15, 0.2) is 11.1 Å². The zero-order chi connectivity index (χ0) is 11.6. The third-order valence-corrected chi connectivity index (χ3v) is 5.17. The maximum Gasteiger partial charge on any atom is 0.158 e. The van der Waals surface area contributed by atoms with Crippen molar-refractivity contribution >= 4 is 11.6 Å². The highest BCUT2D eigenvalue weighted by Crippen LogP contribution is 2.62. The van der Waals surface area contributed by atoms with E-state index in [2.05, 4.69) is 6.92 Å². The Balaban J connectivity index is 2.13. The zero-order valence-corrected chi connectivity index (χ0v) is 10.1. The fourth-order valence-electron chi connectivity index (χ4n) is 4.16. The summed E-state index contributed by atoms with van der Waals surface area (Å²) in [6.45, 7) is 4.08. The van der Waals surface area contributed by atoms with Crippen LogP contribution >= 0.6 is 0 Å². The summed E-state index contributed by atoms with van der Waals surface area (Å²) in [5.74, 6) is 0.744. The van der Waals surface area contributed by atoms with E-state index < -0.39 is 0 Å². The molecule has 0 saturated heterocycles. The van der Waals surface area contributed by atoms with E-state index in [1.807, 2.05) is 6.92 Å². The molecule has 0 aromatic rings. The van der Waals surface area contributed by atoms with Gasteiger partial charge in [0.25, 0.3) is 0 Å². The van der Waals surface area contributed by atoms with Crippen LogP contribution in [0.1, 0.15) is 52.4 Å². The predicted molar refractivity (Wildman–Crippen MR) is 61.0 cm³/mol. The van der Waals surface area contributed by atoms with Crippen LogP contribution in [0.5, 0.6) is 0 Å². The van der Waals surface area contributed by atoms with Crippen molar-refractivity contribution in [1.82, 2.24) is 0 Å². The van der Waals surface area contributed by atoms with E-state index in [1.165, 1.54) is 5.57 Å². The maximum absolute atomic E-state index is 12.1. The molecule has 2 heteroatoms. The van der Waals surface area contributed by atoms with Gasteiger partial charge in [-0.1, -0.05) is 12.5 Å². The summed E-state index contributed by atoms with van der Waals surface area (Å²) in [4.78, 5) is 23.8. The van der Waals surface area contributed by atoms with E-state index in [0.717, 1.165) is 31.3 Å². The van der Waals surface area contributed by atoms with Crippen molar-refractivity contribution in [1.29, 1.82) is 0 Å². The van der Waals surface area contributed by atoms with E-state index in [9.17, 15) is 9.59 Å². The van der Waals surface area contributed by atoms with Gasteiger partial charge in [0, 0.05) is 23.7 Å². The van der Waals surface area contributed by atoms with Crippen LogP contribution in [-0.2, 0) is 9.59 Å². The van der Waals surface area contributed by atoms with Crippen LogP contribution < -0.4 is 0 Å². The molecule has 2 atom stereocenters. The Hall–Kier alpha value is -0.920. The van der Waals surface area contributed by atoms with Gasteiger partial charge < -0.3 is 0 Å². The van der Waals surface area contributed by atoms with Crippen LogP contribution in [0, 0.1) is 10.8 Å². The molecule has 0 amide bonds. The third-order valence-electron chi connectivity index (χ3n) is 5.17. The van der Waals surface area contributed by atoms with Crippen molar-refractivity contribution in [2.24, 2.45) is 10.8 Å². The summed E-state index contributed by atoms with van der Waals surface area (Å²) in [5.41, 5.74) is 2.31. The Morgan fingerprint density at radius 1 is 1.12 bits per heavy atom. The molecule has 2 saturated carbocycles. The van der Waals surface area contributed by atoms with Crippen LogP contribution in [-0.4, -0.2) is 11.6 Å². The highest BCUT2D eigenvalue weighted by Gasteiger charge is 2.57. The second-order valence-electron chi connectivity index (χ2n) is 6.14. The first-order chi connectivity index (χ1) is 7.47. The molecule has 0 aliphatic heterocycles. The Labute approximate surface area is 96.1 Å². The van der Waals surface area contributed by atoms with Crippen molar-refractivity contribution in [2.75, 3.05) is 0 Å². The zero-order valence-electron chi connectivity index (χ0n) is 10.1. The Bertz CT molecular complexity index is 432. The number of carbonyl (C=O) groups excluding carboxylic acids is 2. The monoisotopic (exact) mass is 218 g/mol. The molecule has 3 aliphatic carbocycles. The van der Waals surface area contributed by atoms with E-state index >= 15 is 0 Å². The number of carbonyl (C=O) groups is 2. The van der Waals surface area contributed by atoms with Gasteiger partial charge in [0.05, 0.1) is 0 Å². The average Bonchev–Trinajstić information content (AvgIpc) is 2.42. The second kappa shape index (κ2) is 2.85. The number of hydrogen-bond acceptors (Lipinski definition) is 2. The number of Topliss-reactive ketones (excluding diaryl/α,β-unsaturated/α-hetero) is 2. The number of ketones is 2. The minimum absolute atomic E-state index is 0.0792. The van der Waals surface area contributed by atoms with E-state index in [4.69, 9.17) is 0 Å². The summed E-state index contributed by atoms with van der Waals surface area (Å²) in [7, 11) is 0. The van der Waals surface area contributed by atoms with Crippen molar-refractivity contribution in [3.05, 3.63) is 11.1 Å². The fourth-order valence-corrected chi connectivity index (χ4v) is 4.16. The van der Waals surface area contributed by atoms with Gasteiger partial charge in [-0.3, -0.25) is 9.59 Å². The van der Waals surface area contributed by atoms with Gasteiger partial charge in [-0.25, -0.2) is 0 Å². The summed E-state index contributed by atoms with van der Waals surface area (Å²) in [6, 6.07) is 0. The van der Waals surface area contributed by atoms with Crippen LogP contribution in [0.2, 0.25) is 0 Å². The molecule has 2 bridgehead atoms. The molecule has 86 valence electrons. The fraction of sp³-hybridized carbons (Fsp3) is 0.714. The van der Waals surface area contributed by atoms with Crippen LogP contribution in [0.4, 0.5) is 0 Å². The Kier molecular flexibility index (Phi) is 1.82. The number of rotatable bonds is 0. The first kappa shape index (κ1) is 10.2. The Morgan fingerprint density at radius 2 is 1.88 bits per heavy atom. The molecule has 0 radical (unpaired) electrons. The van der Waals surface area contributed by atoms with Gasteiger partial charge in [-0.15, -0.1) is 0 Å². The van der Waals surface area contributed by atoms with Crippen molar-refractivity contribution in [3.8, 4) is 0 Å². The van der Waals surface area contributed by atoms with Crippen molar-refractivity contribution < 1.29 is 9.59 Å². The molecule has 0 heterocycles. The lowest BCUT2D eigenvalue weighted by molar-refractivity contribution is -0.125. The molecule has 2 fully saturated rings. The predicted octanol–water partition coefficient (Wildman–Crippen LogP) is 2.82. The quantitative estimate of drug-likeness (QED) is 0.626. The number of fused-ring (bicyclic) bond motifs is 1. The normalized spacial score (nSPS) is 42.6. The van der Waals surface area contributed by atoms with Crippen molar-refractivity contribution in [2.45, 2.75) is 52.4 Å². The van der Waals surface area contributed by atoms with E-state index in [-0.39, 0.29) is 10.8 Å². The first-order valence-electron chi connectivity index (χ1n) is 6.24. The Morgan fingerprint density at radius 3 is 2.62 bits per heavy atom. The average molecular weight is 218 g/mol. The summed E-state index contributed by atoms with van der Waals surface area (Å²) < 4.78 is 0. The van der Waals surface area contributed by atoms with Gasteiger partial charge in [-0.2, -0.15) is 0 Å².